The lowest BCUT2D eigenvalue weighted by atomic mass is 10.0. The molecule has 0 aliphatic heterocycles. The van der Waals surface area contributed by atoms with Crippen LogP contribution in [0.5, 0.6) is 0 Å². The van der Waals surface area contributed by atoms with Gasteiger partial charge >= 0.3 is 5.69 Å². The number of anilines is 1. The lowest BCUT2D eigenvalue weighted by Gasteiger charge is -2.16. The van der Waals surface area contributed by atoms with E-state index in [-0.39, 0.29) is 23.3 Å². The second-order valence-corrected chi connectivity index (χ2v) is 6.72. The van der Waals surface area contributed by atoms with Crippen LogP contribution >= 0.6 is 0 Å². The minimum Gasteiger partial charge on any atom is -0.393 e. The van der Waals surface area contributed by atoms with Crippen molar-refractivity contribution in [1.29, 1.82) is 0 Å². The molecule has 1 aliphatic rings. The Kier molecular flexibility index (Phi) is 4.59. The maximum atomic E-state index is 14.1. The number of aromatic nitrogens is 5. The Morgan fingerprint density at radius 2 is 2.00 bits per heavy atom. The average molecular weight is 350 g/mol. The molecule has 1 aliphatic carbocycles. The Labute approximate surface area is 144 Å². The summed E-state index contributed by atoms with van der Waals surface area (Å²) >= 11 is 0. The summed E-state index contributed by atoms with van der Waals surface area (Å²) in [6.45, 7) is 3.70. The zero-order valence-corrected chi connectivity index (χ0v) is 14.8. The van der Waals surface area contributed by atoms with Crippen LogP contribution in [0.1, 0.15) is 36.1 Å². The Balaban J connectivity index is 1.71. The van der Waals surface area contributed by atoms with Crippen molar-refractivity contribution in [2.45, 2.75) is 38.7 Å². The predicted octanol–water partition coefficient (Wildman–Crippen LogP) is 0.631. The van der Waals surface area contributed by atoms with E-state index in [1.54, 1.807) is 27.9 Å². The van der Waals surface area contributed by atoms with E-state index in [1.807, 2.05) is 0 Å². The molecule has 0 bridgehead atoms. The Morgan fingerprint density at radius 1 is 1.28 bits per heavy atom. The number of nitrogens with zero attached hydrogens (tertiary/aromatic N) is 5. The highest BCUT2D eigenvalue weighted by Crippen LogP contribution is 2.37. The standard InChI is InChI=1S/C16H23FN6O2/c1-8-13(17)14(20-9(2)19-8)18-7-11-5-10(6-12(11)24)15-21-23(4)16(25)22(15)3/h10-12,24H,5-7H2,1-4H3,(H,18,19,20)/t10-,11+,12+/m0/s1. The van der Waals surface area contributed by atoms with Crippen molar-refractivity contribution < 1.29 is 9.50 Å². The monoisotopic (exact) mass is 350 g/mol. The first kappa shape index (κ1) is 17.5. The number of halogens is 1. The Hall–Kier alpha value is -2.29. The van der Waals surface area contributed by atoms with Gasteiger partial charge in [-0.2, -0.15) is 5.10 Å². The molecular weight excluding hydrogens is 327 g/mol. The van der Waals surface area contributed by atoms with Gasteiger partial charge in [-0.05, 0) is 26.7 Å². The molecule has 0 amide bonds. The first-order valence-electron chi connectivity index (χ1n) is 8.30. The summed E-state index contributed by atoms with van der Waals surface area (Å²) in [5.74, 6) is 0.785. The van der Waals surface area contributed by atoms with Crippen molar-refractivity contribution in [2.75, 3.05) is 11.9 Å². The fourth-order valence-electron chi connectivity index (χ4n) is 3.51. The van der Waals surface area contributed by atoms with Gasteiger partial charge in [0, 0.05) is 32.5 Å². The van der Waals surface area contributed by atoms with Crippen LogP contribution in [0, 0.1) is 25.6 Å². The van der Waals surface area contributed by atoms with Gasteiger partial charge in [-0.3, -0.25) is 4.57 Å². The van der Waals surface area contributed by atoms with Gasteiger partial charge in [-0.25, -0.2) is 23.8 Å². The number of aliphatic hydroxyl groups excluding tert-OH is 1. The molecule has 8 nitrogen and oxygen atoms in total. The number of hydrogen-bond acceptors (Lipinski definition) is 6. The van der Waals surface area contributed by atoms with Crippen LogP contribution in [0.4, 0.5) is 10.2 Å². The second-order valence-electron chi connectivity index (χ2n) is 6.72. The molecule has 0 aromatic carbocycles. The van der Waals surface area contributed by atoms with E-state index < -0.39 is 11.9 Å². The summed E-state index contributed by atoms with van der Waals surface area (Å²) in [6, 6.07) is 0. The highest BCUT2D eigenvalue weighted by molar-refractivity contribution is 5.38. The summed E-state index contributed by atoms with van der Waals surface area (Å²) in [5, 5.41) is 17.6. The highest BCUT2D eigenvalue weighted by atomic mass is 19.1. The fraction of sp³-hybridized carbons (Fsp3) is 0.625. The molecule has 0 saturated heterocycles. The SMILES string of the molecule is Cc1nc(C)c(F)c(NC[C@H]2C[C@H](c3nn(C)c(=O)n3C)C[C@H]2O)n1. The Bertz CT molecular complexity index is 846. The van der Waals surface area contributed by atoms with Gasteiger partial charge in [0.05, 0.1) is 11.8 Å². The quantitative estimate of drug-likeness (QED) is 0.839. The topological polar surface area (TPSA) is 97.9 Å². The zero-order valence-electron chi connectivity index (χ0n) is 14.8. The molecule has 1 saturated carbocycles. The molecule has 2 heterocycles. The van der Waals surface area contributed by atoms with Crippen molar-refractivity contribution in [3.63, 3.8) is 0 Å². The highest BCUT2D eigenvalue weighted by Gasteiger charge is 2.36. The number of hydrogen-bond donors (Lipinski definition) is 2. The maximum Gasteiger partial charge on any atom is 0.345 e. The fourth-order valence-corrected chi connectivity index (χ4v) is 3.51. The molecule has 1 fully saturated rings. The van der Waals surface area contributed by atoms with Gasteiger partial charge < -0.3 is 10.4 Å². The van der Waals surface area contributed by atoms with Crippen LogP contribution < -0.4 is 11.0 Å². The van der Waals surface area contributed by atoms with Gasteiger partial charge in [-0.15, -0.1) is 0 Å². The third-order valence-electron chi connectivity index (χ3n) is 4.84. The predicted molar refractivity (Wildman–Crippen MR) is 89.9 cm³/mol. The van der Waals surface area contributed by atoms with Crippen LogP contribution in [-0.4, -0.2) is 42.1 Å². The number of rotatable bonds is 4. The number of aliphatic hydroxyl groups is 1. The molecule has 136 valence electrons. The van der Waals surface area contributed by atoms with E-state index in [2.05, 4.69) is 20.4 Å². The smallest absolute Gasteiger partial charge is 0.345 e. The molecule has 0 radical (unpaired) electrons. The van der Waals surface area contributed by atoms with Gasteiger partial charge in [-0.1, -0.05) is 0 Å². The van der Waals surface area contributed by atoms with Crippen LogP contribution in [0.3, 0.4) is 0 Å². The molecule has 3 rings (SSSR count). The summed E-state index contributed by atoms with van der Waals surface area (Å²) in [6.07, 6.45) is 0.658. The molecule has 2 aromatic rings. The second kappa shape index (κ2) is 6.55. The van der Waals surface area contributed by atoms with Crippen LogP contribution in [0.2, 0.25) is 0 Å². The molecular formula is C16H23FN6O2. The average Bonchev–Trinajstić information content (AvgIpc) is 3.04. The maximum absolute atomic E-state index is 14.1. The van der Waals surface area contributed by atoms with Crippen molar-refractivity contribution in [3.8, 4) is 0 Å². The zero-order chi connectivity index (χ0) is 18.3. The first-order chi connectivity index (χ1) is 11.8. The number of nitrogens with one attached hydrogen (secondary N) is 1. The Morgan fingerprint density at radius 3 is 2.64 bits per heavy atom. The van der Waals surface area contributed by atoms with Gasteiger partial charge in [0.15, 0.2) is 11.6 Å². The van der Waals surface area contributed by atoms with E-state index in [9.17, 15) is 14.3 Å². The van der Waals surface area contributed by atoms with E-state index in [0.29, 0.717) is 36.7 Å². The minimum atomic E-state index is -0.540. The van der Waals surface area contributed by atoms with E-state index in [4.69, 9.17) is 0 Å². The summed E-state index contributed by atoms with van der Waals surface area (Å²) < 4.78 is 16.9. The van der Waals surface area contributed by atoms with Crippen LogP contribution in [0.15, 0.2) is 4.79 Å². The molecule has 2 N–H and O–H groups in total. The van der Waals surface area contributed by atoms with Crippen molar-refractivity contribution in [3.05, 3.63) is 33.6 Å². The van der Waals surface area contributed by atoms with Crippen molar-refractivity contribution in [2.24, 2.45) is 20.0 Å². The first-order valence-corrected chi connectivity index (χ1v) is 8.30. The molecule has 9 heteroatoms. The van der Waals surface area contributed by atoms with E-state index >= 15 is 0 Å². The van der Waals surface area contributed by atoms with Crippen LogP contribution in [-0.2, 0) is 14.1 Å². The lowest BCUT2D eigenvalue weighted by Crippen LogP contribution is -2.23. The number of aryl methyl sites for hydroxylation is 3. The summed E-state index contributed by atoms with van der Waals surface area (Å²) in [5.41, 5.74) is 0.114. The molecule has 25 heavy (non-hydrogen) atoms. The van der Waals surface area contributed by atoms with E-state index in [1.165, 1.54) is 9.25 Å². The minimum absolute atomic E-state index is 0.000539. The normalized spacial score (nSPS) is 23.2. The molecule has 0 spiro atoms. The summed E-state index contributed by atoms with van der Waals surface area (Å²) in [7, 11) is 3.29. The van der Waals surface area contributed by atoms with E-state index in [0.717, 1.165) is 0 Å². The molecule has 2 aromatic heterocycles. The van der Waals surface area contributed by atoms with Gasteiger partial charge in [0.25, 0.3) is 0 Å². The van der Waals surface area contributed by atoms with Crippen LogP contribution in [0.25, 0.3) is 0 Å². The third kappa shape index (κ3) is 3.28. The van der Waals surface area contributed by atoms with Gasteiger partial charge in [0.2, 0.25) is 0 Å². The summed E-state index contributed by atoms with van der Waals surface area (Å²) in [4.78, 5) is 19.9. The third-order valence-corrected chi connectivity index (χ3v) is 4.84. The lowest BCUT2D eigenvalue weighted by molar-refractivity contribution is 0.137. The van der Waals surface area contributed by atoms with Crippen molar-refractivity contribution >= 4 is 5.82 Å². The molecule has 0 unspecified atom stereocenters. The largest absolute Gasteiger partial charge is 0.393 e. The van der Waals surface area contributed by atoms with Gasteiger partial charge in [0.1, 0.15) is 11.6 Å². The van der Waals surface area contributed by atoms with Crippen molar-refractivity contribution in [1.82, 2.24) is 24.3 Å². The molecule has 3 atom stereocenters.